The number of nitrogens with zero attached hydrogens (tertiary/aromatic N) is 2. The summed E-state index contributed by atoms with van der Waals surface area (Å²) in [6, 6.07) is 6.24. The number of nitrogens with two attached hydrogens (primary N) is 1. The summed E-state index contributed by atoms with van der Waals surface area (Å²) in [5.74, 6) is -0.341. The van der Waals surface area contributed by atoms with Crippen LogP contribution in [0.5, 0.6) is 0 Å². The Morgan fingerprint density at radius 1 is 1.36 bits per heavy atom. The Hall–Kier alpha value is -2.05. The monoisotopic (exact) mass is 345 g/mol. The number of ether oxygens (including phenoxy) is 1. The summed E-state index contributed by atoms with van der Waals surface area (Å²) in [5, 5.41) is 0.773. The summed E-state index contributed by atoms with van der Waals surface area (Å²) < 4.78 is 19.1. The zero-order valence-electron chi connectivity index (χ0n) is 14.5. The Bertz CT molecular complexity index is 758. The zero-order valence-corrected chi connectivity index (χ0v) is 14.5. The van der Waals surface area contributed by atoms with Crippen LogP contribution in [0, 0.1) is 12.7 Å². The van der Waals surface area contributed by atoms with Crippen LogP contribution in [0.2, 0.25) is 0 Å². The van der Waals surface area contributed by atoms with Crippen molar-refractivity contribution in [1.29, 1.82) is 0 Å². The smallest absolute Gasteiger partial charge is 0.255 e. The van der Waals surface area contributed by atoms with E-state index in [0.717, 1.165) is 24.6 Å². The number of carbonyl (C=O) groups is 1. The number of halogens is 1. The predicted octanol–water partition coefficient (Wildman–Crippen LogP) is 2.65. The van der Waals surface area contributed by atoms with Gasteiger partial charge in [0.25, 0.3) is 5.91 Å². The first-order chi connectivity index (χ1) is 12.1. The third-order valence-electron chi connectivity index (χ3n) is 4.63. The van der Waals surface area contributed by atoms with Gasteiger partial charge in [-0.25, -0.2) is 4.39 Å². The highest BCUT2D eigenvalue weighted by molar-refractivity contribution is 5.98. The average Bonchev–Trinajstić information content (AvgIpc) is 2.61. The van der Waals surface area contributed by atoms with Crippen molar-refractivity contribution in [2.75, 3.05) is 26.2 Å². The fourth-order valence-electron chi connectivity index (χ4n) is 3.18. The lowest BCUT2D eigenvalue weighted by molar-refractivity contribution is 0.00842. The molecule has 1 aromatic carbocycles. The summed E-state index contributed by atoms with van der Waals surface area (Å²) in [7, 11) is 0. The van der Waals surface area contributed by atoms with E-state index in [1.807, 2.05) is 11.0 Å². The fraction of sp³-hybridized carbons (Fsp3) is 0.474. The van der Waals surface area contributed by atoms with Gasteiger partial charge in [0.2, 0.25) is 0 Å². The molecule has 1 saturated heterocycles. The molecule has 0 unspecified atom stereocenters. The number of hydrogen-bond donors (Lipinski definition) is 1. The SMILES string of the molecule is Cc1nc2cc(F)ccc2cc1C(=O)N1CCC(OCCCN)CC1. The standard InChI is InChI=1S/C19H24FN3O2/c1-13-17(11-14-3-4-15(20)12-18(14)22-13)19(24)23-8-5-16(6-9-23)25-10-2-7-21/h3-4,11-12,16H,2,5-10,21H2,1H3. The summed E-state index contributed by atoms with van der Waals surface area (Å²) in [6.07, 6.45) is 2.74. The highest BCUT2D eigenvalue weighted by atomic mass is 19.1. The van der Waals surface area contributed by atoms with E-state index in [-0.39, 0.29) is 17.8 Å². The molecule has 25 heavy (non-hydrogen) atoms. The maximum absolute atomic E-state index is 13.3. The number of amides is 1. The Morgan fingerprint density at radius 3 is 2.84 bits per heavy atom. The zero-order chi connectivity index (χ0) is 17.8. The minimum atomic E-state index is -0.324. The van der Waals surface area contributed by atoms with E-state index in [4.69, 9.17) is 10.5 Å². The minimum absolute atomic E-state index is 0.0170. The van der Waals surface area contributed by atoms with Gasteiger partial charge in [0, 0.05) is 31.1 Å². The van der Waals surface area contributed by atoms with E-state index in [2.05, 4.69) is 4.98 Å². The van der Waals surface area contributed by atoms with Crippen molar-refractivity contribution in [3.05, 3.63) is 41.3 Å². The molecule has 0 spiro atoms. The molecule has 0 saturated carbocycles. The van der Waals surface area contributed by atoms with E-state index < -0.39 is 0 Å². The van der Waals surface area contributed by atoms with Crippen molar-refractivity contribution < 1.29 is 13.9 Å². The van der Waals surface area contributed by atoms with Crippen LogP contribution in [0.4, 0.5) is 4.39 Å². The van der Waals surface area contributed by atoms with Crippen LogP contribution in [0.15, 0.2) is 24.3 Å². The van der Waals surface area contributed by atoms with Gasteiger partial charge >= 0.3 is 0 Å². The van der Waals surface area contributed by atoms with Crippen molar-refractivity contribution in [1.82, 2.24) is 9.88 Å². The Balaban J connectivity index is 1.68. The number of fused-ring (bicyclic) bond motifs is 1. The summed E-state index contributed by atoms with van der Waals surface area (Å²) in [6.45, 7) is 4.45. The second-order valence-corrected chi connectivity index (χ2v) is 6.46. The number of aryl methyl sites for hydroxylation is 1. The molecule has 6 heteroatoms. The fourth-order valence-corrected chi connectivity index (χ4v) is 3.18. The highest BCUT2D eigenvalue weighted by Gasteiger charge is 2.25. The second kappa shape index (κ2) is 7.89. The lowest BCUT2D eigenvalue weighted by Crippen LogP contribution is -2.41. The molecule has 0 bridgehead atoms. The van der Waals surface area contributed by atoms with E-state index in [0.29, 0.717) is 43.0 Å². The van der Waals surface area contributed by atoms with Crippen molar-refractivity contribution >= 4 is 16.8 Å². The average molecular weight is 345 g/mol. The van der Waals surface area contributed by atoms with Crippen molar-refractivity contribution in [2.45, 2.75) is 32.3 Å². The molecule has 134 valence electrons. The van der Waals surface area contributed by atoms with Crippen molar-refractivity contribution in [2.24, 2.45) is 5.73 Å². The number of carbonyl (C=O) groups excluding carboxylic acids is 1. The normalized spacial score (nSPS) is 15.7. The maximum atomic E-state index is 13.3. The van der Waals surface area contributed by atoms with Crippen LogP contribution in [0.1, 0.15) is 35.3 Å². The van der Waals surface area contributed by atoms with Gasteiger partial charge in [-0.3, -0.25) is 9.78 Å². The quantitative estimate of drug-likeness (QED) is 0.846. The van der Waals surface area contributed by atoms with Crippen molar-refractivity contribution in [3.63, 3.8) is 0 Å². The molecule has 5 nitrogen and oxygen atoms in total. The van der Waals surface area contributed by atoms with Crippen LogP contribution < -0.4 is 5.73 Å². The van der Waals surface area contributed by atoms with Gasteiger partial charge in [-0.15, -0.1) is 0 Å². The molecule has 0 radical (unpaired) electrons. The molecule has 1 amide bonds. The van der Waals surface area contributed by atoms with E-state index in [9.17, 15) is 9.18 Å². The van der Waals surface area contributed by atoms with Gasteiger partial charge < -0.3 is 15.4 Å². The number of pyridine rings is 1. The number of benzene rings is 1. The summed E-state index contributed by atoms with van der Waals surface area (Å²) >= 11 is 0. The predicted molar refractivity (Wildman–Crippen MR) is 95.0 cm³/mol. The molecule has 0 aliphatic carbocycles. The molecule has 1 aromatic heterocycles. The van der Waals surface area contributed by atoms with Crippen molar-refractivity contribution in [3.8, 4) is 0 Å². The maximum Gasteiger partial charge on any atom is 0.255 e. The Kier molecular flexibility index (Phi) is 5.60. The third-order valence-corrected chi connectivity index (χ3v) is 4.63. The van der Waals surface area contributed by atoms with Gasteiger partial charge in [-0.2, -0.15) is 0 Å². The lowest BCUT2D eigenvalue weighted by atomic mass is 10.0. The molecule has 2 heterocycles. The molecule has 0 atom stereocenters. The molecule has 1 aliphatic rings. The summed E-state index contributed by atoms with van der Waals surface area (Å²) in [4.78, 5) is 19.1. The lowest BCUT2D eigenvalue weighted by Gasteiger charge is -2.32. The molecular weight excluding hydrogens is 321 g/mol. The first-order valence-electron chi connectivity index (χ1n) is 8.76. The first kappa shape index (κ1) is 17.8. The minimum Gasteiger partial charge on any atom is -0.378 e. The molecule has 2 N–H and O–H groups in total. The van der Waals surface area contributed by atoms with E-state index in [1.54, 1.807) is 13.0 Å². The van der Waals surface area contributed by atoms with Gasteiger partial charge in [-0.1, -0.05) is 0 Å². The van der Waals surface area contributed by atoms with Gasteiger partial charge in [0.15, 0.2) is 0 Å². The topological polar surface area (TPSA) is 68.5 Å². The number of rotatable bonds is 5. The number of aromatic nitrogens is 1. The first-order valence-corrected chi connectivity index (χ1v) is 8.76. The largest absolute Gasteiger partial charge is 0.378 e. The summed E-state index contributed by atoms with van der Waals surface area (Å²) in [5.41, 5.74) is 7.26. The number of likely N-dealkylation sites (tertiary alicyclic amines) is 1. The number of hydrogen-bond acceptors (Lipinski definition) is 4. The molecule has 1 aliphatic heterocycles. The highest BCUT2D eigenvalue weighted by Crippen LogP contribution is 2.21. The van der Waals surface area contributed by atoms with E-state index >= 15 is 0 Å². The molecule has 1 fully saturated rings. The molecule has 3 rings (SSSR count). The Labute approximate surface area is 147 Å². The van der Waals surface area contributed by atoms with Gasteiger partial charge in [0.1, 0.15) is 5.82 Å². The van der Waals surface area contributed by atoms with Gasteiger partial charge in [0.05, 0.1) is 22.9 Å². The number of piperidine rings is 1. The van der Waals surface area contributed by atoms with Crippen LogP contribution in [-0.4, -0.2) is 48.1 Å². The third kappa shape index (κ3) is 4.14. The van der Waals surface area contributed by atoms with Crippen LogP contribution in [0.25, 0.3) is 10.9 Å². The van der Waals surface area contributed by atoms with Gasteiger partial charge in [-0.05, 0) is 50.9 Å². The van der Waals surface area contributed by atoms with Crippen LogP contribution in [-0.2, 0) is 4.74 Å². The van der Waals surface area contributed by atoms with Crippen LogP contribution >= 0.6 is 0 Å². The molecular formula is C19H24FN3O2. The molecule has 2 aromatic rings. The second-order valence-electron chi connectivity index (χ2n) is 6.46. The van der Waals surface area contributed by atoms with Crippen LogP contribution in [0.3, 0.4) is 0 Å². The Morgan fingerprint density at radius 2 is 2.12 bits per heavy atom. The van der Waals surface area contributed by atoms with E-state index in [1.165, 1.54) is 12.1 Å².